The van der Waals surface area contributed by atoms with E-state index < -0.39 is 0 Å². The summed E-state index contributed by atoms with van der Waals surface area (Å²) in [5.41, 5.74) is 6.47. The molecule has 1 N–H and O–H groups in total. The van der Waals surface area contributed by atoms with E-state index >= 15 is 0 Å². The summed E-state index contributed by atoms with van der Waals surface area (Å²) in [5, 5.41) is 7.31. The molecule has 0 saturated carbocycles. The van der Waals surface area contributed by atoms with Crippen molar-refractivity contribution in [3.05, 3.63) is 41.1 Å². The van der Waals surface area contributed by atoms with E-state index in [1.165, 1.54) is 42.4 Å². The molecule has 1 aromatic carbocycles. The first-order valence-electron chi connectivity index (χ1n) is 5.97. The lowest BCUT2D eigenvalue weighted by atomic mass is 9.90. The number of hydrogen-bond acceptors (Lipinski definition) is 1. The lowest BCUT2D eigenvalue weighted by molar-refractivity contribution is 0.686. The summed E-state index contributed by atoms with van der Waals surface area (Å²) in [6, 6.07) is 8.88. The van der Waals surface area contributed by atoms with E-state index in [1.807, 2.05) is 6.92 Å². The van der Waals surface area contributed by atoms with Gasteiger partial charge in [0.2, 0.25) is 0 Å². The predicted octanol–water partition coefficient (Wildman–Crippen LogP) is 3.26. The maximum atomic E-state index is 4.31. The summed E-state index contributed by atoms with van der Waals surface area (Å²) in [4.78, 5) is 0. The van der Waals surface area contributed by atoms with Gasteiger partial charge in [0.1, 0.15) is 0 Å². The van der Waals surface area contributed by atoms with Crippen molar-refractivity contribution >= 4 is 0 Å². The fourth-order valence-electron chi connectivity index (χ4n) is 2.46. The normalized spacial score (nSPS) is 14.8. The molecule has 0 aliphatic heterocycles. The summed E-state index contributed by atoms with van der Waals surface area (Å²) < 4.78 is 0. The summed E-state index contributed by atoms with van der Waals surface area (Å²) in [5.74, 6) is 0. The van der Waals surface area contributed by atoms with Crippen LogP contribution in [-0.4, -0.2) is 10.2 Å². The van der Waals surface area contributed by atoms with Crippen LogP contribution in [0.5, 0.6) is 0 Å². The van der Waals surface area contributed by atoms with Crippen molar-refractivity contribution in [2.45, 2.75) is 32.6 Å². The van der Waals surface area contributed by atoms with Crippen LogP contribution >= 0.6 is 0 Å². The molecule has 0 unspecified atom stereocenters. The van der Waals surface area contributed by atoms with Crippen molar-refractivity contribution in [3.8, 4) is 11.3 Å². The second-order valence-corrected chi connectivity index (χ2v) is 4.63. The summed E-state index contributed by atoms with van der Waals surface area (Å²) in [6.07, 6.45) is 5.14. The monoisotopic (exact) mass is 212 g/mol. The molecular formula is C14H16N2. The van der Waals surface area contributed by atoms with Crippen molar-refractivity contribution in [1.82, 2.24) is 10.2 Å². The molecule has 1 heterocycles. The van der Waals surface area contributed by atoms with Gasteiger partial charge < -0.3 is 0 Å². The van der Waals surface area contributed by atoms with Gasteiger partial charge >= 0.3 is 0 Å². The van der Waals surface area contributed by atoms with E-state index in [9.17, 15) is 0 Å². The first-order chi connectivity index (χ1) is 7.83. The summed E-state index contributed by atoms with van der Waals surface area (Å²) >= 11 is 0. The van der Waals surface area contributed by atoms with Crippen LogP contribution in [0.25, 0.3) is 11.3 Å². The smallest absolute Gasteiger partial charge is 0.0923 e. The maximum absolute atomic E-state index is 4.31. The molecular weight excluding hydrogens is 196 g/mol. The summed E-state index contributed by atoms with van der Waals surface area (Å²) in [6.45, 7) is 2.04. The van der Waals surface area contributed by atoms with Gasteiger partial charge in [0, 0.05) is 11.3 Å². The molecule has 16 heavy (non-hydrogen) atoms. The SMILES string of the molecule is Cc1cc(-c2ccc3c(c2)CCCC3)n[nH]1. The minimum atomic E-state index is 1.06. The third-order valence-electron chi connectivity index (χ3n) is 3.35. The molecule has 0 saturated heterocycles. The minimum Gasteiger partial charge on any atom is -0.282 e. The molecule has 1 aromatic heterocycles. The van der Waals surface area contributed by atoms with Crippen LogP contribution in [0.4, 0.5) is 0 Å². The number of rotatable bonds is 1. The van der Waals surface area contributed by atoms with Crippen molar-refractivity contribution in [2.24, 2.45) is 0 Å². The van der Waals surface area contributed by atoms with E-state index in [4.69, 9.17) is 0 Å². The number of nitrogens with one attached hydrogen (secondary N) is 1. The zero-order chi connectivity index (χ0) is 11.0. The molecule has 2 heteroatoms. The Labute approximate surface area is 95.7 Å². The highest BCUT2D eigenvalue weighted by Gasteiger charge is 2.10. The number of hydrogen-bond donors (Lipinski definition) is 1. The number of aryl methyl sites for hydroxylation is 3. The molecule has 0 bridgehead atoms. The Hall–Kier alpha value is -1.57. The predicted molar refractivity (Wildman–Crippen MR) is 65.4 cm³/mol. The fourth-order valence-corrected chi connectivity index (χ4v) is 2.46. The van der Waals surface area contributed by atoms with E-state index in [0.29, 0.717) is 0 Å². The van der Waals surface area contributed by atoms with Crippen LogP contribution in [0.3, 0.4) is 0 Å². The lowest BCUT2D eigenvalue weighted by Crippen LogP contribution is -2.02. The molecule has 1 aliphatic carbocycles. The molecule has 0 spiro atoms. The lowest BCUT2D eigenvalue weighted by Gasteiger charge is -2.15. The third-order valence-corrected chi connectivity index (χ3v) is 3.35. The Kier molecular flexibility index (Phi) is 2.28. The van der Waals surface area contributed by atoms with Crippen LogP contribution in [0.1, 0.15) is 29.7 Å². The number of fused-ring (bicyclic) bond motifs is 1. The van der Waals surface area contributed by atoms with E-state index in [1.54, 1.807) is 0 Å². The fraction of sp³-hybridized carbons (Fsp3) is 0.357. The molecule has 0 radical (unpaired) electrons. The molecule has 0 atom stereocenters. The van der Waals surface area contributed by atoms with Crippen molar-refractivity contribution in [2.75, 3.05) is 0 Å². The van der Waals surface area contributed by atoms with Gasteiger partial charge in [-0.1, -0.05) is 12.1 Å². The number of aromatic amines is 1. The third kappa shape index (κ3) is 1.64. The topological polar surface area (TPSA) is 28.7 Å². The largest absolute Gasteiger partial charge is 0.282 e. The van der Waals surface area contributed by atoms with Crippen molar-refractivity contribution in [3.63, 3.8) is 0 Å². The Morgan fingerprint density at radius 1 is 1.06 bits per heavy atom. The van der Waals surface area contributed by atoms with Gasteiger partial charge in [0.25, 0.3) is 0 Å². The molecule has 3 rings (SSSR count). The Bertz CT molecular complexity index is 511. The van der Waals surface area contributed by atoms with Gasteiger partial charge in [0.05, 0.1) is 5.69 Å². The minimum absolute atomic E-state index is 1.06. The maximum Gasteiger partial charge on any atom is 0.0923 e. The first-order valence-corrected chi connectivity index (χ1v) is 5.97. The van der Waals surface area contributed by atoms with Gasteiger partial charge in [-0.25, -0.2) is 0 Å². The Balaban J connectivity index is 2.02. The zero-order valence-electron chi connectivity index (χ0n) is 9.59. The second-order valence-electron chi connectivity index (χ2n) is 4.63. The molecule has 0 fully saturated rings. The molecule has 1 aliphatic rings. The number of H-pyrrole nitrogens is 1. The van der Waals surface area contributed by atoms with Crippen LogP contribution in [-0.2, 0) is 12.8 Å². The van der Waals surface area contributed by atoms with Gasteiger partial charge in [-0.15, -0.1) is 0 Å². The average Bonchev–Trinajstić information content (AvgIpc) is 2.75. The Morgan fingerprint density at radius 3 is 2.62 bits per heavy atom. The summed E-state index contributed by atoms with van der Waals surface area (Å²) in [7, 11) is 0. The average molecular weight is 212 g/mol. The van der Waals surface area contributed by atoms with Gasteiger partial charge in [0.15, 0.2) is 0 Å². The molecule has 82 valence electrons. The van der Waals surface area contributed by atoms with Gasteiger partial charge in [-0.2, -0.15) is 5.10 Å². The van der Waals surface area contributed by atoms with E-state index in [-0.39, 0.29) is 0 Å². The molecule has 2 aromatic rings. The highest BCUT2D eigenvalue weighted by molar-refractivity contribution is 5.61. The van der Waals surface area contributed by atoms with E-state index in [0.717, 1.165) is 11.4 Å². The number of benzene rings is 1. The zero-order valence-corrected chi connectivity index (χ0v) is 9.59. The first kappa shape index (κ1) is 9.64. The van der Waals surface area contributed by atoms with E-state index in [2.05, 4.69) is 34.5 Å². The van der Waals surface area contributed by atoms with Crippen molar-refractivity contribution < 1.29 is 0 Å². The molecule has 0 amide bonds. The second kappa shape index (κ2) is 3.78. The van der Waals surface area contributed by atoms with Crippen LogP contribution in [0, 0.1) is 6.92 Å². The van der Waals surface area contributed by atoms with Crippen molar-refractivity contribution in [1.29, 1.82) is 0 Å². The Morgan fingerprint density at radius 2 is 1.88 bits per heavy atom. The van der Waals surface area contributed by atoms with Crippen LogP contribution in [0.2, 0.25) is 0 Å². The van der Waals surface area contributed by atoms with Crippen LogP contribution in [0.15, 0.2) is 24.3 Å². The highest BCUT2D eigenvalue weighted by atomic mass is 15.1. The van der Waals surface area contributed by atoms with Crippen LogP contribution < -0.4 is 0 Å². The highest BCUT2D eigenvalue weighted by Crippen LogP contribution is 2.26. The van der Waals surface area contributed by atoms with Gasteiger partial charge in [-0.05, 0) is 55.9 Å². The number of aromatic nitrogens is 2. The van der Waals surface area contributed by atoms with Gasteiger partial charge in [-0.3, -0.25) is 5.10 Å². The number of nitrogens with zero attached hydrogens (tertiary/aromatic N) is 1. The quantitative estimate of drug-likeness (QED) is 0.772. The standard InChI is InChI=1S/C14H16N2/c1-10-8-14(16-15-10)13-7-6-11-4-2-3-5-12(11)9-13/h6-9H,2-5H2,1H3,(H,15,16). The molecule has 2 nitrogen and oxygen atoms in total.